The first-order valence-corrected chi connectivity index (χ1v) is 11.7. The molecule has 10 heteroatoms. The van der Waals surface area contributed by atoms with Crippen LogP contribution in [0.15, 0.2) is 24.3 Å². The normalized spacial score (nSPS) is 20.1. The molecule has 0 fully saturated rings. The van der Waals surface area contributed by atoms with Gasteiger partial charge in [0.25, 0.3) is 5.91 Å². The van der Waals surface area contributed by atoms with Crippen molar-refractivity contribution in [2.45, 2.75) is 51.6 Å². The smallest absolute Gasteiger partial charge is 0.255 e. The van der Waals surface area contributed by atoms with Crippen LogP contribution < -0.4 is 26.0 Å². The first kappa shape index (κ1) is 27.1. The van der Waals surface area contributed by atoms with Crippen molar-refractivity contribution in [2.24, 2.45) is 5.92 Å². The summed E-state index contributed by atoms with van der Waals surface area (Å²) in [6.45, 7) is 5.15. The summed E-state index contributed by atoms with van der Waals surface area (Å²) in [6.07, 6.45) is 1.14. The average Bonchev–Trinajstić information content (AvgIpc) is 2.81. The number of amides is 4. The van der Waals surface area contributed by atoms with E-state index in [2.05, 4.69) is 21.3 Å². The molecule has 0 saturated heterocycles. The lowest BCUT2D eigenvalue weighted by Gasteiger charge is -2.21. The lowest BCUT2D eigenvalue weighted by atomic mass is 10.0. The van der Waals surface area contributed by atoms with E-state index in [-0.39, 0.29) is 49.3 Å². The number of benzene rings is 1. The minimum Gasteiger partial charge on any atom is -0.491 e. The van der Waals surface area contributed by atoms with Gasteiger partial charge in [-0.25, -0.2) is 0 Å². The van der Waals surface area contributed by atoms with Crippen LogP contribution in [-0.2, 0) is 19.1 Å². The molecule has 0 bridgehead atoms. The van der Waals surface area contributed by atoms with E-state index in [9.17, 15) is 19.2 Å². The fourth-order valence-corrected chi connectivity index (χ4v) is 3.54. The fraction of sp³-hybridized carbons (Fsp3) is 0.583. The Morgan fingerprint density at radius 3 is 2.71 bits per heavy atom. The van der Waals surface area contributed by atoms with Gasteiger partial charge in [-0.2, -0.15) is 0 Å². The number of hydrogen-bond acceptors (Lipinski definition) is 6. The number of ether oxygens (including phenoxy) is 2. The van der Waals surface area contributed by atoms with Gasteiger partial charge in [0.15, 0.2) is 0 Å². The monoisotopic (exact) mass is 476 g/mol. The molecule has 1 aromatic rings. The van der Waals surface area contributed by atoms with E-state index >= 15 is 0 Å². The Labute approximate surface area is 200 Å². The number of nitrogens with one attached hydrogen (secondary N) is 4. The fourth-order valence-electron chi connectivity index (χ4n) is 3.54. The van der Waals surface area contributed by atoms with Gasteiger partial charge < -0.3 is 30.7 Å². The minimum atomic E-state index is -0.934. The van der Waals surface area contributed by atoms with Gasteiger partial charge in [0.2, 0.25) is 17.7 Å². The molecule has 2 atom stereocenters. The molecule has 1 aliphatic rings. The summed E-state index contributed by atoms with van der Waals surface area (Å²) in [5, 5.41) is 11.0. The molecule has 188 valence electrons. The number of carbonyl (C=O) groups excluding carboxylic acids is 4. The van der Waals surface area contributed by atoms with E-state index in [4.69, 9.17) is 9.47 Å². The summed E-state index contributed by atoms with van der Waals surface area (Å²) >= 11 is 0. The van der Waals surface area contributed by atoms with Crippen molar-refractivity contribution >= 4 is 23.6 Å². The molecule has 2 rings (SSSR count). The summed E-state index contributed by atoms with van der Waals surface area (Å²) in [5.41, 5.74) is 0.267. The van der Waals surface area contributed by atoms with E-state index in [1.165, 1.54) is 0 Å². The van der Waals surface area contributed by atoms with Crippen LogP contribution in [0.1, 0.15) is 49.9 Å². The highest BCUT2D eigenvalue weighted by molar-refractivity contribution is 5.99. The van der Waals surface area contributed by atoms with Crippen molar-refractivity contribution in [2.75, 3.05) is 33.4 Å². The summed E-state index contributed by atoms with van der Waals surface area (Å²) < 4.78 is 10.7. The third-order valence-corrected chi connectivity index (χ3v) is 5.26. The summed E-state index contributed by atoms with van der Waals surface area (Å²) in [7, 11) is 1.58. The van der Waals surface area contributed by atoms with Crippen LogP contribution in [-0.4, -0.2) is 69.1 Å². The van der Waals surface area contributed by atoms with Crippen LogP contribution in [0.4, 0.5) is 0 Å². The van der Waals surface area contributed by atoms with Crippen LogP contribution in [0, 0.1) is 5.92 Å². The third-order valence-electron chi connectivity index (χ3n) is 5.26. The molecule has 0 spiro atoms. The van der Waals surface area contributed by atoms with Crippen molar-refractivity contribution in [3.8, 4) is 5.75 Å². The molecule has 34 heavy (non-hydrogen) atoms. The maximum Gasteiger partial charge on any atom is 0.255 e. The molecule has 1 aromatic carbocycles. The zero-order valence-electron chi connectivity index (χ0n) is 20.1. The van der Waals surface area contributed by atoms with E-state index in [1.807, 2.05) is 13.8 Å². The number of methoxy groups -OCH3 is 1. The molecule has 0 radical (unpaired) electrons. The molecule has 10 nitrogen and oxygen atoms in total. The maximum atomic E-state index is 13.0. The average molecular weight is 477 g/mol. The van der Waals surface area contributed by atoms with Gasteiger partial charge in [0, 0.05) is 26.7 Å². The highest BCUT2D eigenvalue weighted by Crippen LogP contribution is 2.18. The standard InChI is InChI=1S/C24H36N4O6/c1-16(2)15-19-24(32)26-12-14-34-20-8-5-4-7-17(20)22(30)28-18(9-10-21(29)27-19)23(31)25-11-6-13-33-3/h4-5,7-8,16,18-19H,6,9-15H2,1-3H3,(H,25,31)(H,26,32)(H,27,29)(H,28,30)/t18-,19-/m0/s1. The Balaban J connectivity index is 2.23. The van der Waals surface area contributed by atoms with Crippen molar-refractivity contribution in [3.05, 3.63) is 29.8 Å². The second kappa shape index (κ2) is 14.2. The quantitative estimate of drug-likeness (QED) is 0.429. The lowest BCUT2D eigenvalue weighted by molar-refractivity contribution is -0.130. The first-order valence-electron chi connectivity index (χ1n) is 11.7. The van der Waals surface area contributed by atoms with Gasteiger partial charge >= 0.3 is 0 Å². The van der Waals surface area contributed by atoms with Gasteiger partial charge in [-0.1, -0.05) is 26.0 Å². The Bertz CT molecular complexity index is 845. The van der Waals surface area contributed by atoms with Crippen molar-refractivity contribution in [1.82, 2.24) is 21.3 Å². The van der Waals surface area contributed by atoms with Gasteiger partial charge in [-0.15, -0.1) is 0 Å². The Kier molecular flexibility index (Phi) is 11.3. The third kappa shape index (κ3) is 9.01. The van der Waals surface area contributed by atoms with E-state index < -0.39 is 23.9 Å². The van der Waals surface area contributed by atoms with Crippen LogP contribution in [0.3, 0.4) is 0 Å². The number of fused-ring (bicyclic) bond motifs is 1. The second-order valence-electron chi connectivity index (χ2n) is 8.59. The number of para-hydroxylation sites is 1. The summed E-state index contributed by atoms with van der Waals surface area (Å²) in [6, 6.07) is 5.06. The first-order chi connectivity index (χ1) is 16.3. The molecular weight excluding hydrogens is 440 g/mol. The Hall–Kier alpha value is -3.14. The Morgan fingerprint density at radius 2 is 1.97 bits per heavy atom. The van der Waals surface area contributed by atoms with E-state index in [1.54, 1.807) is 31.4 Å². The SMILES string of the molecule is COCCCNC(=O)[C@@H]1CCC(=O)N[C@@H](CC(C)C)C(=O)NCCOc2ccccc2C(=O)N1. The van der Waals surface area contributed by atoms with Gasteiger partial charge in [-0.3, -0.25) is 19.2 Å². The van der Waals surface area contributed by atoms with Crippen LogP contribution in [0.2, 0.25) is 0 Å². The zero-order chi connectivity index (χ0) is 24.9. The van der Waals surface area contributed by atoms with Crippen LogP contribution >= 0.6 is 0 Å². The lowest BCUT2D eigenvalue weighted by Crippen LogP contribution is -2.49. The van der Waals surface area contributed by atoms with Crippen molar-refractivity contribution < 1.29 is 28.7 Å². The number of rotatable bonds is 7. The predicted molar refractivity (Wildman–Crippen MR) is 126 cm³/mol. The molecular formula is C24H36N4O6. The molecule has 0 unspecified atom stereocenters. The highest BCUT2D eigenvalue weighted by Gasteiger charge is 2.26. The van der Waals surface area contributed by atoms with E-state index in [0.717, 1.165) is 0 Å². The van der Waals surface area contributed by atoms with Gasteiger partial charge in [0.1, 0.15) is 24.4 Å². The minimum absolute atomic E-state index is 0.0313. The second-order valence-corrected chi connectivity index (χ2v) is 8.59. The van der Waals surface area contributed by atoms with Crippen LogP contribution in [0.5, 0.6) is 5.75 Å². The molecule has 1 heterocycles. The molecule has 0 saturated carbocycles. The summed E-state index contributed by atoms with van der Waals surface area (Å²) in [4.78, 5) is 51.0. The zero-order valence-corrected chi connectivity index (χ0v) is 20.1. The van der Waals surface area contributed by atoms with Gasteiger partial charge in [-0.05, 0) is 37.3 Å². The number of carbonyl (C=O) groups is 4. The molecule has 0 aromatic heterocycles. The maximum absolute atomic E-state index is 13.0. The largest absolute Gasteiger partial charge is 0.491 e. The van der Waals surface area contributed by atoms with E-state index in [0.29, 0.717) is 31.7 Å². The predicted octanol–water partition coefficient (Wildman–Crippen LogP) is 0.757. The van der Waals surface area contributed by atoms with Crippen molar-refractivity contribution in [3.63, 3.8) is 0 Å². The Morgan fingerprint density at radius 1 is 1.21 bits per heavy atom. The summed E-state index contributed by atoms with van der Waals surface area (Å²) in [5.74, 6) is -1.00. The van der Waals surface area contributed by atoms with Gasteiger partial charge in [0.05, 0.1) is 12.1 Å². The molecule has 4 N–H and O–H groups in total. The topological polar surface area (TPSA) is 135 Å². The molecule has 4 amide bonds. The molecule has 1 aliphatic heterocycles. The number of hydrogen-bond donors (Lipinski definition) is 4. The van der Waals surface area contributed by atoms with Crippen molar-refractivity contribution in [1.29, 1.82) is 0 Å². The van der Waals surface area contributed by atoms with Crippen LogP contribution in [0.25, 0.3) is 0 Å². The molecule has 0 aliphatic carbocycles. The highest BCUT2D eigenvalue weighted by atomic mass is 16.5.